The van der Waals surface area contributed by atoms with E-state index in [1.165, 1.54) is 0 Å². The highest BCUT2D eigenvalue weighted by Gasteiger charge is 2.22. The first-order chi connectivity index (χ1) is 7.78. The maximum absolute atomic E-state index is 11.4. The normalized spacial score (nSPS) is 14.3. The number of methoxy groups -OCH3 is 1. The molecule has 4 nitrogen and oxygen atoms in total. The number of benzene rings is 1. The van der Waals surface area contributed by atoms with E-state index in [1.807, 2.05) is 24.3 Å². The molecule has 0 heterocycles. The van der Waals surface area contributed by atoms with Crippen molar-refractivity contribution < 1.29 is 9.53 Å². The molecule has 1 aliphatic carbocycles. The Morgan fingerprint density at radius 2 is 2.06 bits per heavy atom. The molecule has 1 fully saturated rings. The number of nitrogens with one attached hydrogen (secondary N) is 2. The summed E-state index contributed by atoms with van der Waals surface area (Å²) < 4.78 is 5.05. The van der Waals surface area contributed by atoms with Crippen LogP contribution in [0.3, 0.4) is 0 Å². The van der Waals surface area contributed by atoms with Crippen molar-refractivity contribution in [3.05, 3.63) is 24.3 Å². The van der Waals surface area contributed by atoms with Gasteiger partial charge in [-0.15, -0.1) is 0 Å². The molecule has 0 saturated heterocycles. The van der Waals surface area contributed by atoms with Crippen LogP contribution in [-0.2, 0) is 4.79 Å². The number of hydrogen-bond donors (Lipinski definition) is 2. The van der Waals surface area contributed by atoms with Crippen LogP contribution in [0.25, 0.3) is 0 Å². The molecule has 0 atom stereocenters. The van der Waals surface area contributed by atoms with Gasteiger partial charge in [-0.05, 0) is 37.1 Å². The van der Waals surface area contributed by atoms with Crippen LogP contribution < -0.4 is 15.4 Å². The molecular weight excluding hydrogens is 204 g/mol. The van der Waals surface area contributed by atoms with Crippen LogP contribution in [0.2, 0.25) is 0 Å². The maximum Gasteiger partial charge on any atom is 0.239 e. The molecule has 0 spiro atoms. The lowest BCUT2D eigenvalue weighted by Gasteiger charge is -2.07. The lowest BCUT2D eigenvalue weighted by molar-refractivity contribution is -0.119. The second-order valence-electron chi connectivity index (χ2n) is 3.92. The Morgan fingerprint density at radius 1 is 1.38 bits per heavy atom. The molecule has 4 heteroatoms. The summed E-state index contributed by atoms with van der Waals surface area (Å²) in [5.74, 6) is 0.867. The maximum atomic E-state index is 11.4. The smallest absolute Gasteiger partial charge is 0.239 e. The van der Waals surface area contributed by atoms with E-state index < -0.39 is 0 Å². The van der Waals surface area contributed by atoms with Crippen molar-refractivity contribution in [1.82, 2.24) is 5.32 Å². The largest absolute Gasteiger partial charge is 0.497 e. The molecule has 1 amide bonds. The minimum atomic E-state index is 0.0540. The Hall–Kier alpha value is -1.71. The van der Waals surface area contributed by atoms with E-state index >= 15 is 0 Å². The average Bonchev–Trinajstić information content (AvgIpc) is 3.11. The average molecular weight is 220 g/mol. The van der Waals surface area contributed by atoms with Gasteiger partial charge in [0.15, 0.2) is 0 Å². The van der Waals surface area contributed by atoms with E-state index in [0.717, 1.165) is 24.3 Å². The molecule has 2 rings (SSSR count). The van der Waals surface area contributed by atoms with E-state index in [4.69, 9.17) is 4.74 Å². The molecule has 86 valence electrons. The SMILES string of the molecule is COc1ccc(NCC(=O)NC2CC2)cc1. The van der Waals surface area contributed by atoms with Crippen molar-refractivity contribution in [1.29, 1.82) is 0 Å². The van der Waals surface area contributed by atoms with E-state index in [9.17, 15) is 4.79 Å². The van der Waals surface area contributed by atoms with Gasteiger partial charge in [-0.1, -0.05) is 0 Å². The molecule has 0 aliphatic heterocycles. The fraction of sp³-hybridized carbons (Fsp3) is 0.417. The summed E-state index contributed by atoms with van der Waals surface area (Å²) in [6.45, 7) is 0.322. The second kappa shape index (κ2) is 4.88. The van der Waals surface area contributed by atoms with Gasteiger partial charge in [0.25, 0.3) is 0 Å². The number of carbonyl (C=O) groups is 1. The van der Waals surface area contributed by atoms with Gasteiger partial charge in [0, 0.05) is 11.7 Å². The zero-order valence-electron chi connectivity index (χ0n) is 9.32. The summed E-state index contributed by atoms with van der Waals surface area (Å²) in [6.07, 6.45) is 2.24. The molecule has 0 unspecified atom stereocenters. The highest BCUT2D eigenvalue weighted by Crippen LogP contribution is 2.18. The Labute approximate surface area is 95.0 Å². The van der Waals surface area contributed by atoms with Crippen molar-refractivity contribution in [2.45, 2.75) is 18.9 Å². The van der Waals surface area contributed by atoms with Gasteiger partial charge < -0.3 is 15.4 Å². The highest BCUT2D eigenvalue weighted by molar-refractivity contribution is 5.81. The molecular formula is C12H16N2O2. The molecule has 1 aliphatic rings. The lowest BCUT2D eigenvalue weighted by atomic mass is 10.3. The number of hydrogen-bond acceptors (Lipinski definition) is 3. The highest BCUT2D eigenvalue weighted by atomic mass is 16.5. The lowest BCUT2D eigenvalue weighted by Crippen LogP contribution is -2.31. The van der Waals surface area contributed by atoms with Gasteiger partial charge in [0.05, 0.1) is 13.7 Å². The third-order valence-corrected chi connectivity index (χ3v) is 2.49. The summed E-state index contributed by atoms with van der Waals surface area (Å²) in [7, 11) is 1.63. The standard InChI is InChI=1S/C12H16N2O2/c1-16-11-6-4-9(5-7-11)13-8-12(15)14-10-2-3-10/h4-7,10,13H,2-3,8H2,1H3,(H,14,15). The minimum absolute atomic E-state index is 0.0540. The van der Waals surface area contributed by atoms with Crippen LogP contribution in [0.5, 0.6) is 5.75 Å². The molecule has 1 aromatic rings. The molecule has 0 bridgehead atoms. The Morgan fingerprint density at radius 3 is 2.62 bits per heavy atom. The molecule has 1 aromatic carbocycles. The predicted molar refractivity (Wildman–Crippen MR) is 62.6 cm³/mol. The van der Waals surface area contributed by atoms with Crippen LogP contribution in [0.1, 0.15) is 12.8 Å². The van der Waals surface area contributed by atoms with Crippen molar-refractivity contribution in [3.63, 3.8) is 0 Å². The first kappa shape index (κ1) is 10.8. The van der Waals surface area contributed by atoms with Crippen molar-refractivity contribution >= 4 is 11.6 Å². The van der Waals surface area contributed by atoms with Gasteiger partial charge in [-0.25, -0.2) is 0 Å². The number of carbonyl (C=O) groups excluding carboxylic acids is 1. The summed E-state index contributed by atoms with van der Waals surface area (Å²) in [6, 6.07) is 7.93. The molecule has 16 heavy (non-hydrogen) atoms. The van der Waals surface area contributed by atoms with E-state index in [-0.39, 0.29) is 5.91 Å². The fourth-order valence-electron chi connectivity index (χ4n) is 1.40. The Balaban J connectivity index is 1.76. The first-order valence-electron chi connectivity index (χ1n) is 5.45. The number of rotatable bonds is 5. The van der Waals surface area contributed by atoms with Crippen LogP contribution in [-0.4, -0.2) is 25.6 Å². The molecule has 2 N–H and O–H groups in total. The van der Waals surface area contributed by atoms with Crippen molar-refractivity contribution in [3.8, 4) is 5.75 Å². The molecule has 0 aromatic heterocycles. The Kier molecular flexibility index (Phi) is 3.29. The predicted octanol–water partition coefficient (Wildman–Crippen LogP) is 1.39. The van der Waals surface area contributed by atoms with Crippen molar-refractivity contribution in [2.75, 3.05) is 19.0 Å². The zero-order valence-corrected chi connectivity index (χ0v) is 9.32. The van der Waals surface area contributed by atoms with Crippen LogP contribution in [0, 0.1) is 0 Å². The number of anilines is 1. The fourth-order valence-corrected chi connectivity index (χ4v) is 1.40. The summed E-state index contributed by atoms with van der Waals surface area (Å²) in [4.78, 5) is 11.4. The van der Waals surface area contributed by atoms with Crippen LogP contribution >= 0.6 is 0 Å². The number of amides is 1. The first-order valence-corrected chi connectivity index (χ1v) is 5.45. The van der Waals surface area contributed by atoms with E-state index in [0.29, 0.717) is 12.6 Å². The second-order valence-corrected chi connectivity index (χ2v) is 3.92. The number of ether oxygens (including phenoxy) is 1. The van der Waals surface area contributed by atoms with Crippen LogP contribution in [0.15, 0.2) is 24.3 Å². The minimum Gasteiger partial charge on any atom is -0.497 e. The summed E-state index contributed by atoms with van der Waals surface area (Å²) >= 11 is 0. The topological polar surface area (TPSA) is 50.4 Å². The summed E-state index contributed by atoms with van der Waals surface area (Å²) in [5, 5.41) is 5.98. The Bertz CT molecular complexity index is 358. The van der Waals surface area contributed by atoms with Crippen molar-refractivity contribution in [2.24, 2.45) is 0 Å². The van der Waals surface area contributed by atoms with Gasteiger partial charge >= 0.3 is 0 Å². The monoisotopic (exact) mass is 220 g/mol. The third-order valence-electron chi connectivity index (χ3n) is 2.49. The third kappa shape index (κ3) is 3.15. The van der Waals surface area contributed by atoms with E-state index in [1.54, 1.807) is 7.11 Å². The van der Waals surface area contributed by atoms with Gasteiger partial charge in [0.1, 0.15) is 5.75 Å². The van der Waals surface area contributed by atoms with Crippen LogP contribution in [0.4, 0.5) is 5.69 Å². The van der Waals surface area contributed by atoms with Gasteiger partial charge in [-0.2, -0.15) is 0 Å². The van der Waals surface area contributed by atoms with Gasteiger partial charge in [-0.3, -0.25) is 4.79 Å². The molecule has 0 radical (unpaired) electrons. The van der Waals surface area contributed by atoms with E-state index in [2.05, 4.69) is 10.6 Å². The quantitative estimate of drug-likeness (QED) is 0.788. The summed E-state index contributed by atoms with van der Waals surface area (Å²) in [5.41, 5.74) is 0.923. The van der Waals surface area contributed by atoms with Gasteiger partial charge in [0.2, 0.25) is 5.91 Å². The zero-order chi connectivity index (χ0) is 11.4. The molecule has 1 saturated carbocycles.